The van der Waals surface area contributed by atoms with E-state index in [9.17, 15) is 0 Å². The van der Waals surface area contributed by atoms with Gasteiger partial charge >= 0.3 is 0 Å². The van der Waals surface area contributed by atoms with Gasteiger partial charge in [0, 0.05) is 5.92 Å². The van der Waals surface area contributed by atoms with Gasteiger partial charge in [-0.15, -0.1) is 5.10 Å². The van der Waals surface area contributed by atoms with Crippen LogP contribution in [0.15, 0.2) is 6.20 Å². The van der Waals surface area contributed by atoms with E-state index in [1.165, 1.54) is 32.1 Å². The van der Waals surface area contributed by atoms with Crippen molar-refractivity contribution in [1.29, 1.82) is 0 Å². The van der Waals surface area contributed by atoms with Crippen LogP contribution in [0.5, 0.6) is 0 Å². The Labute approximate surface area is 78.6 Å². The van der Waals surface area contributed by atoms with Crippen LogP contribution in [0.1, 0.15) is 49.5 Å². The molecule has 0 amide bonds. The van der Waals surface area contributed by atoms with Crippen molar-refractivity contribution in [1.82, 2.24) is 15.2 Å². The second-order valence-electron chi connectivity index (χ2n) is 3.79. The van der Waals surface area contributed by atoms with E-state index in [0.717, 1.165) is 11.5 Å². The van der Waals surface area contributed by atoms with Gasteiger partial charge in [0.05, 0.1) is 11.9 Å². The molecule has 1 saturated carbocycles. The number of hydrogen-bond acceptors (Lipinski definition) is 3. The molecule has 0 saturated heterocycles. The number of aryl methyl sites for hydroxylation is 1. The normalized spacial score (nSPS) is 18.8. The first-order valence-electron chi connectivity index (χ1n) is 5.02. The molecule has 1 aromatic rings. The van der Waals surface area contributed by atoms with Crippen LogP contribution in [0.4, 0.5) is 0 Å². The summed E-state index contributed by atoms with van der Waals surface area (Å²) in [6.07, 6.45) is 8.21. The van der Waals surface area contributed by atoms with Crippen molar-refractivity contribution in [3.63, 3.8) is 0 Å². The quantitative estimate of drug-likeness (QED) is 0.660. The van der Waals surface area contributed by atoms with E-state index in [1.54, 1.807) is 6.20 Å². The third-order valence-electron chi connectivity index (χ3n) is 2.67. The predicted molar refractivity (Wildman–Crippen MR) is 50.4 cm³/mol. The van der Waals surface area contributed by atoms with Gasteiger partial charge in [0.25, 0.3) is 0 Å². The van der Waals surface area contributed by atoms with E-state index in [-0.39, 0.29) is 0 Å². The molecular formula is C10H15N3. The van der Waals surface area contributed by atoms with Crippen LogP contribution < -0.4 is 0 Å². The Hall–Kier alpha value is -0.990. The first kappa shape index (κ1) is 8.60. The van der Waals surface area contributed by atoms with Crippen LogP contribution in [0.2, 0.25) is 0 Å². The molecule has 3 nitrogen and oxygen atoms in total. The summed E-state index contributed by atoms with van der Waals surface area (Å²) in [5, 5.41) is 8.05. The van der Waals surface area contributed by atoms with Crippen molar-refractivity contribution in [2.45, 2.75) is 44.9 Å². The molecule has 0 N–H and O–H groups in total. The second-order valence-corrected chi connectivity index (χ2v) is 3.79. The molecule has 0 spiro atoms. The van der Waals surface area contributed by atoms with E-state index in [4.69, 9.17) is 0 Å². The molecule has 0 radical (unpaired) electrons. The third-order valence-corrected chi connectivity index (χ3v) is 2.67. The molecule has 0 unspecified atom stereocenters. The van der Waals surface area contributed by atoms with Crippen LogP contribution in [0, 0.1) is 6.92 Å². The Morgan fingerprint density at radius 3 is 2.69 bits per heavy atom. The summed E-state index contributed by atoms with van der Waals surface area (Å²) in [4.78, 5) is 4.42. The first-order valence-corrected chi connectivity index (χ1v) is 5.02. The lowest BCUT2D eigenvalue weighted by Crippen LogP contribution is -2.10. The zero-order valence-corrected chi connectivity index (χ0v) is 8.03. The van der Waals surface area contributed by atoms with E-state index < -0.39 is 0 Å². The molecule has 2 rings (SSSR count). The molecule has 1 aliphatic rings. The van der Waals surface area contributed by atoms with Crippen molar-refractivity contribution < 1.29 is 0 Å². The molecular weight excluding hydrogens is 162 g/mol. The summed E-state index contributed by atoms with van der Waals surface area (Å²) < 4.78 is 0. The lowest BCUT2D eigenvalue weighted by molar-refractivity contribution is 0.424. The van der Waals surface area contributed by atoms with Gasteiger partial charge in [0.1, 0.15) is 0 Å². The van der Waals surface area contributed by atoms with Crippen molar-refractivity contribution in [2.24, 2.45) is 0 Å². The fraction of sp³-hybridized carbons (Fsp3) is 0.700. The molecule has 1 heterocycles. The first-order chi connectivity index (χ1) is 6.36. The number of nitrogens with zero attached hydrogens (tertiary/aromatic N) is 3. The highest BCUT2D eigenvalue weighted by Crippen LogP contribution is 2.29. The molecule has 0 atom stereocenters. The maximum Gasteiger partial charge on any atom is 0.154 e. The van der Waals surface area contributed by atoms with Gasteiger partial charge in [0.2, 0.25) is 0 Å². The van der Waals surface area contributed by atoms with Gasteiger partial charge < -0.3 is 0 Å². The minimum Gasteiger partial charge on any atom is -0.234 e. The summed E-state index contributed by atoms with van der Waals surface area (Å²) >= 11 is 0. The molecule has 0 bridgehead atoms. The molecule has 13 heavy (non-hydrogen) atoms. The highest BCUT2D eigenvalue weighted by atomic mass is 15.1. The molecule has 1 aromatic heterocycles. The fourth-order valence-electron chi connectivity index (χ4n) is 1.94. The van der Waals surface area contributed by atoms with Crippen molar-refractivity contribution in [3.05, 3.63) is 17.7 Å². The Morgan fingerprint density at radius 1 is 1.23 bits per heavy atom. The van der Waals surface area contributed by atoms with Gasteiger partial charge in [-0.1, -0.05) is 19.3 Å². The Balaban J connectivity index is 2.14. The summed E-state index contributed by atoms with van der Waals surface area (Å²) in [6, 6.07) is 0. The number of aromatic nitrogens is 3. The van der Waals surface area contributed by atoms with Crippen LogP contribution in [0.3, 0.4) is 0 Å². The van der Waals surface area contributed by atoms with E-state index >= 15 is 0 Å². The zero-order valence-electron chi connectivity index (χ0n) is 8.03. The fourth-order valence-corrected chi connectivity index (χ4v) is 1.94. The SMILES string of the molecule is Cc1cnnc(C2CCCCC2)n1. The van der Waals surface area contributed by atoms with Gasteiger partial charge in [-0.3, -0.25) is 0 Å². The Bertz CT molecular complexity index is 279. The van der Waals surface area contributed by atoms with E-state index in [2.05, 4.69) is 15.2 Å². The monoisotopic (exact) mass is 177 g/mol. The Morgan fingerprint density at radius 2 is 2.00 bits per heavy atom. The van der Waals surface area contributed by atoms with E-state index in [0.29, 0.717) is 5.92 Å². The summed E-state index contributed by atoms with van der Waals surface area (Å²) in [5.41, 5.74) is 0.982. The maximum atomic E-state index is 4.42. The lowest BCUT2D eigenvalue weighted by atomic mass is 9.89. The Kier molecular flexibility index (Phi) is 2.52. The van der Waals surface area contributed by atoms with Crippen LogP contribution in [-0.4, -0.2) is 15.2 Å². The van der Waals surface area contributed by atoms with Gasteiger partial charge in [0.15, 0.2) is 5.82 Å². The minimum absolute atomic E-state index is 0.571. The standard InChI is InChI=1S/C10H15N3/c1-8-7-11-13-10(12-8)9-5-3-2-4-6-9/h7,9H,2-6H2,1H3. The topological polar surface area (TPSA) is 38.7 Å². The average molecular weight is 177 g/mol. The number of hydrogen-bond donors (Lipinski definition) is 0. The van der Waals surface area contributed by atoms with Crippen molar-refractivity contribution in [2.75, 3.05) is 0 Å². The van der Waals surface area contributed by atoms with Crippen LogP contribution in [-0.2, 0) is 0 Å². The third kappa shape index (κ3) is 2.02. The average Bonchev–Trinajstić information content (AvgIpc) is 2.19. The van der Waals surface area contributed by atoms with Crippen molar-refractivity contribution in [3.8, 4) is 0 Å². The zero-order chi connectivity index (χ0) is 9.10. The van der Waals surface area contributed by atoms with Crippen molar-refractivity contribution >= 4 is 0 Å². The summed E-state index contributed by atoms with van der Waals surface area (Å²) in [7, 11) is 0. The van der Waals surface area contributed by atoms with Gasteiger partial charge in [-0.2, -0.15) is 5.10 Å². The minimum atomic E-state index is 0.571. The molecule has 70 valence electrons. The maximum absolute atomic E-state index is 4.42. The predicted octanol–water partition coefficient (Wildman–Crippen LogP) is 2.23. The molecule has 1 fully saturated rings. The highest BCUT2D eigenvalue weighted by Gasteiger charge is 2.18. The molecule has 0 aromatic carbocycles. The van der Waals surface area contributed by atoms with Crippen LogP contribution in [0.25, 0.3) is 0 Å². The lowest BCUT2D eigenvalue weighted by Gasteiger charge is -2.19. The van der Waals surface area contributed by atoms with Gasteiger partial charge in [-0.25, -0.2) is 4.98 Å². The van der Waals surface area contributed by atoms with Gasteiger partial charge in [-0.05, 0) is 19.8 Å². The highest BCUT2D eigenvalue weighted by molar-refractivity contribution is 4.99. The van der Waals surface area contributed by atoms with Crippen LogP contribution >= 0.6 is 0 Å². The smallest absolute Gasteiger partial charge is 0.154 e. The largest absolute Gasteiger partial charge is 0.234 e. The summed E-state index contributed by atoms with van der Waals surface area (Å²) in [5.74, 6) is 1.53. The molecule has 3 heteroatoms. The molecule has 0 aliphatic heterocycles. The number of rotatable bonds is 1. The van der Waals surface area contributed by atoms with E-state index in [1.807, 2.05) is 6.92 Å². The second kappa shape index (κ2) is 3.81. The summed E-state index contributed by atoms with van der Waals surface area (Å²) in [6.45, 7) is 1.97. The molecule has 1 aliphatic carbocycles.